The van der Waals surface area contributed by atoms with Gasteiger partial charge >= 0.3 is 0 Å². The summed E-state index contributed by atoms with van der Waals surface area (Å²) in [6.45, 7) is 0. The number of benzene rings is 1. The van der Waals surface area contributed by atoms with Crippen molar-refractivity contribution < 1.29 is 4.74 Å². The first-order chi connectivity index (χ1) is 8.15. The highest BCUT2D eigenvalue weighted by atomic mass is 35.5. The van der Waals surface area contributed by atoms with Crippen LogP contribution in [0.1, 0.15) is 0 Å². The number of hydrogen-bond donors (Lipinski definition) is 0. The molecule has 0 heterocycles. The first kappa shape index (κ1) is 14.3. The van der Waals surface area contributed by atoms with E-state index in [0.717, 1.165) is 11.8 Å². The predicted octanol–water partition coefficient (Wildman–Crippen LogP) is 3.94. The Morgan fingerprint density at radius 3 is 2.94 bits per heavy atom. The third-order valence-corrected chi connectivity index (χ3v) is 3.76. The summed E-state index contributed by atoms with van der Waals surface area (Å²) in [5.74, 6) is 0.562. The fourth-order valence-corrected chi connectivity index (χ4v) is 2.60. The van der Waals surface area contributed by atoms with Crippen LogP contribution in [0.4, 0.5) is 0 Å². The van der Waals surface area contributed by atoms with E-state index < -0.39 is 0 Å². The molecule has 0 aromatic heterocycles. The fourth-order valence-electron chi connectivity index (χ4n) is 0.870. The van der Waals surface area contributed by atoms with E-state index in [-0.39, 0.29) is 4.38 Å². The Labute approximate surface area is 118 Å². The minimum absolute atomic E-state index is 0.274. The summed E-state index contributed by atoms with van der Waals surface area (Å²) in [5.41, 5.74) is 0. The molecular formula is C10H7ClN2OS3. The molecule has 0 fully saturated rings. The summed E-state index contributed by atoms with van der Waals surface area (Å²) < 4.78 is 6.20. The highest BCUT2D eigenvalue weighted by Gasteiger charge is 2.07. The van der Waals surface area contributed by atoms with Crippen LogP contribution < -0.4 is 4.74 Å². The van der Waals surface area contributed by atoms with Gasteiger partial charge in [-0.3, -0.25) is 0 Å². The first-order valence-electron chi connectivity index (χ1n) is 4.31. The predicted molar refractivity (Wildman–Crippen MR) is 78.8 cm³/mol. The van der Waals surface area contributed by atoms with Crippen molar-refractivity contribution in [1.29, 1.82) is 5.26 Å². The third-order valence-electron chi connectivity index (χ3n) is 1.48. The van der Waals surface area contributed by atoms with E-state index in [2.05, 4.69) is 4.99 Å². The number of hydrogen-bond acceptors (Lipinski definition) is 6. The summed E-state index contributed by atoms with van der Waals surface area (Å²) in [6.07, 6.45) is 3.52. The molecule has 3 nitrogen and oxygen atoms in total. The Hall–Kier alpha value is -0.740. The van der Waals surface area contributed by atoms with Gasteiger partial charge in [0.25, 0.3) is 0 Å². The van der Waals surface area contributed by atoms with Crippen LogP contribution in [0.2, 0.25) is 5.02 Å². The molecule has 0 bridgehead atoms. The maximum absolute atomic E-state index is 8.44. The van der Waals surface area contributed by atoms with E-state index in [1.807, 2.05) is 6.26 Å². The Morgan fingerprint density at radius 2 is 2.35 bits per heavy atom. The van der Waals surface area contributed by atoms with Crippen molar-refractivity contribution in [1.82, 2.24) is 0 Å². The minimum Gasteiger partial charge on any atom is -0.439 e. The summed E-state index contributed by atoms with van der Waals surface area (Å²) in [4.78, 5) is 3.60. The van der Waals surface area contributed by atoms with Gasteiger partial charge in [-0.05, 0) is 48.4 Å². The van der Waals surface area contributed by atoms with Gasteiger partial charge in [-0.1, -0.05) is 17.7 Å². The maximum Gasteiger partial charge on any atom is 0.232 e. The zero-order valence-electron chi connectivity index (χ0n) is 8.71. The largest absolute Gasteiger partial charge is 0.439 e. The number of thioether (sulfide) groups is 2. The van der Waals surface area contributed by atoms with Gasteiger partial charge in [0.15, 0.2) is 4.38 Å². The van der Waals surface area contributed by atoms with Crippen LogP contribution >= 0.6 is 47.3 Å². The van der Waals surface area contributed by atoms with Crippen molar-refractivity contribution in [3.63, 3.8) is 0 Å². The Balaban J connectivity index is 2.62. The van der Waals surface area contributed by atoms with E-state index in [9.17, 15) is 0 Å². The highest BCUT2D eigenvalue weighted by Crippen LogP contribution is 2.22. The minimum atomic E-state index is 0.274. The van der Waals surface area contributed by atoms with Gasteiger partial charge in [0, 0.05) is 5.02 Å². The Morgan fingerprint density at radius 1 is 1.59 bits per heavy atom. The number of aliphatic imine (C=N–C) groups is 1. The highest BCUT2D eigenvalue weighted by molar-refractivity contribution is 8.47. The fraction of sp³-hybridized carbons (Fsp3) is 0.100. The molecular weight excluding hydrogens is 296 g/mol. The molecule has 0 saturated heterocycles. The summed E-state index contributed by atoms with van der Waals surface area (Å²) in [6, 6.07) is 6.92. The number of halogens is 1. The van der Waals surface area contributed by atoms with Crippen LogP contribution in [-0.2, 0) is 0 Å². The molecule has 0 aliphatic rings. The van der Waals surface area contributed by atoms with Crippen LogP contribution in [0.5, 0.6) is 5.75 Å². The van der Waals surface area contributed by atoms with Crippen LogP contribution in [0.3, 0.4) is 0 Å². The van der Waals surface area contributed by atoms with Gasteiger partial charge in [0.1, 0.15) is 5.75 Å². The molecule has 1 aromatic rings. The van der Waals surface area contributed by atoms with E-state index in [1.54, 1.807) is 30.5 Å². The lowest BCUT2D eigenvalue weighted by atomic mass is 10.3. The molecule has 7 heteroatoms. The van der Waals surface area contributed by atoms with Crippen molar-refractivity contribution in [2.45, 2.75) is 0 Å². The van der Waals surface area contributed by atoms with Crippen LogP contribution in [0.25, 0.3) is 0 Å². The smallest absolute Gasteiger partial charge is 0.232 e. The monoisotopic (exact) mass is 302 g/mol. The molecule has 0 aliphatic carbocycles. The molecule has 1 aromatic carbocycles. The second-order valence-corrected chi connectivity index (χ2v) is 5.67. The lowest BCUT2D eigenvalue weighted by molar-refractivity contribution is 0.579. The van der Waals surface area contributed by atoms with E-state index in [1.165, 1.54) is 11.8 Å². The average Bonchev–Trinajstić information content (AvgIpc) is 2.28. The molecule has 0 radical (unpaired) electrons. The molecule has 17 heavy (non-hydrogen) atoms. The van der Waals surface area contributed by atoms with Crippen molar-refractivity contribution in [2.75, 3.05) is 6.26 Å². The summed E-state index contributed by atoms with van der Waals surface area (Å²) in [7, 11) is 0. The Bertz CT molecular complexity index is 485. The molecule has 0 atom stereocenters. The van der Waals surface area contributed by atoms with Gasteiger partial charge in [-0.2, -0.15) is 10.3 Å². The van der Waals surface area contributed by atoms with E-state index >= 15 is 0 Å². The van der Waals surface area contributed by atoms with E-state index in [0.29, 0.717) is 15.1 Å². The third kappa shape index (κ3) is 5.41. The molecule has 0 spiro atoms. The van der Waals surface area contributed by atoms with Crippen molar-refractivity contribution in [2.24, 2.45) is 4.99 Å². The Kier molecular flexibility index (Phi) is 6.37. The quantitative estimate of drug-likeness (QED) is 0.340. The summed E-state index contributed by atoms with van der Waals surface area (Å²) in [5, 5.41) is 9.02. The topological polar surface area (TPSA) is 45.4 Å². The lowest BCUT2D eigenvalue weighted by Gasteiger charge is -2.06. The molecule has 0 saturated carbocycles. The lowest BCUT2D eigenvalue weighted by Crippen LogP contribution is -2.02. The number of ether oxygens (including phenoxy) is 1. The number of nitrogens with zero attached hydrogens (tertiary/aromatic N) is 2. The van der Waals surface area contributed by atoms with Crippen molar-refractivity contribution in [3.8, 4) is 11.9 Å². The van der Waals surface area contributed by atoms with Crippen LogP contribution in [-0.4, -0.2) is 15.0 Å². The van der Waals surface area contributed by atoms with Crippen molar-refractivity contribution in [3.05, 3.63) is 29.3 Å². The zero-order valence-corrected chi connectivity index (χ0v) is 11.9. The SMILES string of the molecule is CSC(=NC#N)SC(=S)Oc1cccc(Cl)c1. The standard InChI is InChI=1S/C10H7ClN2OS3/c1-16-9(13-6-12)17-10(15)14-8-4-2-3-7(11)5-8/h2-5H,1H3. The second kappa shape index (κ2) is 7.56. The van der Waals surface area contributed by atoms with Gasteiger partial charge in [-0.15, -0.1) is 11.8 Å². The summed E-state index contributed by atoms with van der Waals surface area (Å²) >= 11 is 13.3. The van der Waals surface area contributed by atoms with Gasteiger partial charge < -0.3 is 4.74 Å². The zero-order chi connectivity index (χ0) is 12.7. The molecule has 0 amide bonds. The number of rotatable bonds is 1. The second-order valence-electron chi connectivity index (χ2n) is 2.59. The van der Waals surface area contributed by atoms with Gasteiger partial charge in [0.05, 0.1) is 0 Å². The molecule has 0 unspecified atom stereocenters. The normalized spacial score (nSPS) is 10.8. The molecule has 1 rings (SSSR count). The van der Waals surface area contributed by atoms with Crippen molar-refractivity contribution >= 4 is 56.1 Å². The number of thiocarbonyl (C=S) groups is 1. The first-order valence-corrected chi connectivity index (χ1v) is 7.14. The van der Waals surface area contributed by atoms with E-state index in [4.69, 9.17) is 33.8 Å². The maximum atomic E-state index is 8.44. The molecule has 0 aliphatic heterocycles. The number of nitriles is 1. The van der Waals surface area contributed by atoms with Gasteiger partial charge in [0.2, 0.25) is 10.6 Å². The van der Waals surface area contributed by atoms with Crippen LogP contribution in [0, 0.1) is 11.5 Å². The molecule has 0 N–H and O–H groups in total. The van der Waals surface area contributed by atoms with Gasteiger partial charge in [-0.25, -0.2) is 0 Å². The van der Waals surface area contributed by atoms with Crippen LogP contribution in [0.15, 0.2) is 29.3 Å². The molecule has 88 valence electrons. The average molecular weight is 303 g/mol.